The monoisotopic (exact) mass is 216 g/mol. The highest BCUT2D eigenvalue weighted by Crippen LogP contribution is 2.23. The van der Waals surface area contributed by atoms with E-state index in [0.29, 0.717) is 0 Å². The van der Waals surface area contributed by atoms with Gasteiger partial charge in [-0.05, 0) is 30.2 Å². The molecule has 0 N–H and O–H groups in total. The van der Waals surface area contributed by atoms with Crippen LogP contribution in [0.2, 0.25) is 0 Å². The Morgan fingerprint density at radius 2 is 1.62 bits per heavy atom. The van der Waals surface area contributed by atoms with Crippen molar-refractivity contribution < 1.29 is 8.96 Å². The molecule has 2 aromatic rings. The van der Waals surface area contributed by atoms with E-state index in [1.807, 2.05) is 25.4 Å². The van der Waals surface area contributed by atoms with Crippen LogP contribution >= 0.6 is 0 Å². The molecule has 2 heteroatoms. The van der Waals surface area contributed by atoms with Crippen molar-refractivity contribution in [2.45, 2.75) is 13.8 Å². The van der Waals surface area contributed by atoms with Gasteiger partial charge in [-0.2, -0.15) is 0 Å². The molecule has 1 heterocycles. The number of nitrogens with zero attached hydrogens (tertiary/aromatic N) is 1. The minimum atomic E-state index is -0.195. The fourth-order valence-corrected chi connectivity index (χ4v) is 1.82. The summed E-state index contributed by atoms with van der Waals surface area (Å²) in [5.74, 6) is -0.195. The van der Waals surface area contributed by atoms with E-state index in [1.165, 1.54) is 23.4 Å². The number of pyridine rings is 1. The van der Waals surface area contributed by atoms with E-state index < -0.39 is 0 Å². The lowest BCUT2D eigenvalue weighted by atomic mass is 10.0. The van der Waals surface area contributed by atoms with Gasteiger partial charge in [0.1, 0.15) is 12.9 Å². The maximum atomic E-state index is 12.8. The van der Waals surface area contributed by atoms with Crippen LogP contribution < -0.4 is 4.57 Å². The first-order valence-electron chi connectivity index (χ1n) is 5.31. The predicted molar refractivity (Wildman–Crippen MR) is 62.5 cm³/mol. The Kier molecular flexibility index (Phi) is 2.73. The van der Waals surface area contributed by atoms with Crippen LogP contribution in [-0.4, -0.2) is 0 Å². The fraction of sp³-hybridized carbons (Fsp3) is 0.214. The highest BCUT2D eigenvalue weighted by Gasteiger charge is 2.10. The molecule has 0 saturated carbocycles. The molecule has 1 aromatic heterocycles. The summed E-state index contributed by atoms with van der Waals surface area (Å²) in [5.41, 5.74) is 4.68. The summed E-state index contributed by atoms with van der Waals surface area (Å²) in [6.45, 7) is 4.18. The number of aromatic nitrogens is 1. The van der Waals surface area contributed by atoms with E-state index in [0.717, 1.165) is 11.1 Å². The smallest absolute Gasteiger partial charge is 0.181 e. The number of aryl methyl sites for hydroxylation is 1. The molecule has 0 fully saturated rings. The minimum Gasteiger partial charge on any atom is -0.207 e. The van der Waals surface area contributed by atoms with Crippen LogP contribution in [0, 0.1) is 19.7 Å². The Morgan fingerprint density at radius 3 is 2.25 bits per heavy atom. The van der Waals surface area contributed by atoms with E-state index >= 15 is 0 Å². The Hall–Kier alpha value is -1.70. The second kappa shape index (κ2) is 4.05. The van der Waals surface area contributed by atoms with Gasteiger partial charge in [0.15, 0.2) is 11.9 Å². The molecule has 0 spiro atoms. The Morgan fingerprint density at radius 1 is 1.00 bits per heavy atom. The van der Waals surface area contributed by atoms with Crippen LogP contribution in [-0.2, 0) is 7.05 Å². The second-order valence-corrected chi connectivity index (χ2v) is 4.06. The summed E-state index contributed by atoms with van der Waals surface area (Å²) in [4.78, 5) is 0. The molecule has 0 bridgehead atoms. The van der Waals surface area contributed by atoms with E-state index in [-0.39, 0.29) is 5.82 Å². The maximum absolute atomic E-state index is 12.8. The third-order valence-electron chi connectivity index (χ3n) is 3.10. The Bertz CT molecular complexity index is 515. The van der Waals surface area contributed by atoms with Crippen LogP contribution in [0.4, 0.5) is 4.39 Å². The standard InChI is InChI=1S/C14H15FN/c1-10-11(2)16(3)9-8-14(10)12-4-6-13(15)7-5-12/h4-9H,1-3H3/q+1. The van der Waals surface area contributed by atoms with Crippen LogP contribution in [0.5, 0.6) is 0 Å². The number of halogens is 1. The highest BCUT2D eigenvalue weighted by molar-refractivity contribution is 5.66. The van der Waals surface area contributed by atoms with Gasteiger partial charge in [0, 0.05) is 18.6 Å². The van der Waals surface area contributed by atoms with Crippen LogP contribution in [0.25, 0.3) is 11.1 Å². The fourth-order valence-electron chi connectivity index (χ4n) is 1.82. The first kappa shape index (κ1) is 10.8. The first-order chi connectivity index (χ1) is 7.59. The van der Waals surface area contributed by atoms with Crippen molar-refractivity contribution >= 4 is 0 Å². The third kappa shape index (κ3) is 1.83. The summed E-state index contributed by atoms with van der Waals surface area (Å²) in [6, 6.07) is 8.69. The van der Waals surface area contributed by atoms with Gasteiger partial charge >= 0.3 is 0 Å². The van der Waals surface area contributed by atoms with Gasteiger partial charge < -0.3 is 0 Å². The lowest BCUT2D eigenvalue weighted by Gasteiger charge is -2.06. The van der Waals surface area contributed by atoms with Gasteiger partial charge in [0.2, 0.25) is 0 Å². The topological polar surface area (TPSA) is 3.88 Å². The maximum Gasteiger partial charge on any atom is 0.181 e. The molecule has 0 atom stereocenters. The molecule has 0 saturated heterocycles. The Labute approximate surface area is 95.2 Å². The summed E-state index contributed by atoms with van der Waals surface area (Å²) in [5, 5.41) is 0. The largest absolute Gasteiger partial charge is 0.207 e. The molecule has 0 unspecified atom stereocenters. The summed E-state index contributed by atoms with van der Waals surface area (Å²) in [6.07, 6.45) is 2.03. The number of hydrogen-bond acceptors (Lipinski definition) is 0. The van der Waals surface area contributed by atoms with Crippen molar-refractivity contribution in [1.29, 1.82) is 0 Å². The van der Waals surface area contributed by atoms with Gasteiger partial charge in [-0.25, -0.2) is 8.96 Å². The molecular weight excluding hydrogens is 201 g/mol. The average Bonchev–Trinajstić information content (AvgIpc) is 2.28. The van der Waals surface area contributed by atoms with Crippen molar-refractivity contribution in [1.82, 2.24) is 0 Å². The molecule has 82 valence electrons. The molecule has 16 heavy (non-hydrogen) atoms. The van der Waals surface area contributed by atoms with E-state index in [9.17, 15) is 4.39 Å². The van der Waals surface area contributed by atoms with E-state index in [1.54, 1.807) is 0 Å². The number of hydrogen-bond donors (Lipinski definition) is 0. The summed E-state index contributed by atoms with van der Waals surface area (Å²) < 4.78 is 14.9. The van der Waals surface area contributed by atoms with Gasteiger partial charge in [-0.1, -0.05) is 12.1 Å². The molecule has 0 aliphatic heterocycles. The zero-order valence-corrected chi connectivity index (χ0v) is 9.79. The number of benzene rings is 1. The van der Waals surface area contributed by atoms with Gasteiger partial charge in [0.25, 0.3) is 0 Å². The quantitative estimate of drug-likeness (QED) is 0.645. The summed E-state index contributed by atoms with van der Waals surface area (Å²) >= 11 is 0. The normalized spacial score (nSPS) is 10.5. The molecule has 0 radical (unpaired) electrons. The van der Waals surface area contributed by atoms with Crippen molar-refractivity contribution in [3.63, 3.8) is 0 Å². The van der Waals surface area contributed by atoms with Crippen molar-refractivity contribution in [3.05, 3.63) is 53.6 Å². The molecular formula is C14H15FN+. The van der Waals surface area contributed by atoms with Crippen molar-refractivity contribution in [2.24, 2.45) is 7.05 Å². The molecule has 0 aliphatic carbocycles. The number of rotatable bonds is 1. The lowest BCUT2D eigenvalue weighted by molar-refractivity contribution is -0.677. The zero-order valence-electron chi connectivity index (χ0n) is 9.79. The van der Waals surface area contributed by atoms with Gasteiger partial charge in [0.05, 0.1) is 0 Å². The van der Waals surface area contributed by atoms with Crippen molar-refractivity contribution in [3.8, 4) is 11.1 Å². The molecule has 0 amide bonds. The van der Waals surface area contributed by atoms with Crippen LogP contribution in [0.1, 0.15) is 11.3 Å². The predicted octanol–water partition coefficient (Wildman–Crippen LogP) is 2.93. The van der Waals surface area contributed by atoms with Crippen LogP contribution in [0.3, 0.4) is 0 Å². The molecule has 1 nitrogen and oxygen atoms in total. The highest BCUT2D eigenvalue weighted by atomic mass is 19.1. The van der Waals surface area contributed by atoms with Gasteiger partial charge in [-0.3, -0.25) is 0 Å². The summed E-state index contributed by atoms with van der Waals surface area (Å²) in [7, 11) is 2.02. The van der Waals surface area contributed by atoms with Crippen molar-refractivity contribution in [2.75, 3.05) is 0 Å². The lowest BCUT2D eigenvalue weighted by Crippen LogP contribution is -2.32. The van der Waals surface area contributed by atoms with E-state index in [2.05, 4.69) is 24.5 Å². The van der Waals surface area contributed by atoms with Crippen LogP contribution in [0.15, 0.2) is 36.5 Å². The SMILES string of the molecule is Cc1c(-c2ccc(F)cc2)cc[n+](C)c1C. The van der Waals surface area contributed by atoms with Gasteiger partial charge in [-0.15, -0.1) is 0 Å². The first-order valence-corrected chi connectivity index (χ1v) is 5.31. The molecule has 1 aromatic carbocycles. The van der Waals surface area contributed by atoms with E-state index in [4.69, 9.17) is 0 Å². The second-order valence-electron chi connectivity index (χ2n) is 4.06. The minimum absolute atomic E-state index is 0.195. The molecule has 0 aliphatic rings. The molecule has 2 rings (SSSR count). The average molecular weight is 216 g/mol. The zero-order chi connectivity index (χ0) is 11.7. The third-order valence-corrected chi connectivity index (χ3v) is 3.10. The Balaban J connectivity index is 2.57.